The minimum absolute atomic E-state index is 0.0142. The summed E-state index contributed by atoms with van der Waals surface area (Å²) in [5, 5.41) is 1.13. The number of carbonyl (C=O) groups excluding carboxylic acids is 2. The van der Waals surface area contributed by atoms with Crippen molar-refractivity contribution in [2.24, 2.45) is 5.92 Å². The van der Waals surface area contributed by atoms with E-state index in [4.69, 9.17) is 0 Å². The van der Waals surface area contributed by atoms with E-state index in [9.17, 15) is 9.59 Å². The van der Waals surface area contributed by atoms with Crippen LogP contribution in [0.1, 0.15) is 20.3 Å². The van der Waals surface area contributed by atoms with E-state index in [1.807, 2.05) is 0 Å². The molecule has 0 spiro atoms. The van der Waals surface area contributed by atoms with Crippen molar-refractivity contribution in [3.63, 3.8) is 0 Å². The molecule has 0 aromatic rings. The third kappa shape index (κ3) is 3.48. The summed E-state index contributed by atoms with van der Waals surface area (Å²) in [5.41, 5.74) is 0. The minimum atomic E-state index is -0.299. The van der Waals surface area contributed by atoms with Gasteiger partial charge in [0.1, 0.15) is 5.78 Å². The van der Waals surface area contributed by atoms with Crippen molar-refractivity contribution in [3.05, 3.63) is 0 Å². The maximum Gasteiger partial charge on any atom is 0.249 e. The van der Waals surface area contributed by atoms with Gasteiger partial charge in [0, 0.05) is 19.4 Å². The van der Waals surface area contributed by atoms with Crippen LogP contribution < -0.4 is 0 Å². The summed E-state index contributed by atoms with van der Waals surface area (Å²) >= 11 is 0. The van der Waals surface area contributed by atoms with Gasteiger partial charge in [-0.1, -0.05) is 6.92 Å². The third-order valence-corrected chi connectivity index (χ3v) is 1.60. The Morgan fingerprint density at radius 3 is 2.33 bits per heavy atom. The first-order valence-electron chi connectivity index (χ1n) is 3.80. The van der Waals surface area contributed by atoms with Crippen LogP contribution in [0.4, 0.5) is 0 Å². The number of carbonyl (C=O) groups is 2. The lowest BCUT2D eigenvalue weighted by molar-refractivity contribution is -0.173. The van der Waals surface area contributed by atoms with E-state index in [-0.39, 0.29) is 24.0 Å². The Bertz CT molecular complexity index is 179. The van der Waals surface area contributed by atoms with Gasteiger partial charge in [0.05, 0.1) is 7.11 Å². The van der Waals surface area contributed by atoms with Crippen LogP contribution in [0, 0.1) is 5.92 Å². The fourth-order valence-corrected chi connectivity index (χ4v) is 0.919. The lowest BCUT2D eigenvalue weighted by Crippen LogP contribution is -2.31. The molecule has 70 valence electrons. The van der Waals surface area contributed by atoms with Gasteiger partial charge in [-0.3, -0.25) is 9.63 Å². The molecule has 0 fully saturated rings. The van der Waals surface area contributed by atoms with Crippen molar-refractivity contribution in [3.8, 4) is 0 Å². The zero-order valence-electron chi connectivity index (χ0n) is 7.96. The summed E-state index contributed by atoms with van der Waals surface area (Å²) in [7, 11) is 2.94. The molecule has 1 amide bonds. The Hall–Kier alpha value is -0.900. The third-order valence-electron chi connectivity index (χ3n) is 1.60. The van der Waals surface area contributed by atoms with Gasteiger partial charge in [0.2, 0.25) is 5.91 Å². The van der Waals surface area contributed by atoms with Gasteiger partial charge in [0.15, 0.2) is 0 Å². The Labute approximate surface area is 72.4 Å². The summed E-state index contributed by atoms with van der Waals surface area (Å²) < 4.78 is 0. The van der Waals surface area contributed by atoms with Crippen molar-refractivity contribution in [1.82, 2.24) is 5.06 Å². The van der Waals surface area contributed by atoms with Gasteiger partial charge in [0.25, 0.3) is 0 Å². The molecule has 12 heavy (non-hydrogen) atoms. The smallest absolute Gasteiger partial charge is 0.249 e. The average molecular weight is 173 g/mol. The van der Waals surface area contributed by atoms with Crippen LogP contribution in [-0.2, 0) is 14.4 Å². The molecule has 0 heterocycles. The number of hydrogen-bond donors (Lipinski definition) is 0. The number of rotatable bonds is 4. The summed E-state index contributed by atoms with van der Waals surface area (Å²) in [6.07, 6.45) is 0.270. The van der Waals surface area contributed by atoms with Gasteiger partial charge in [-0.25, -0.2) is 5.06 Å². The number of hydroxylamine groups is 2. The average Bonchev–Trinajstić information content (AvgIpc) is 2.00. The molecule has 4 nitrogen and oxygen atoms in total. The van der Waals surface area contributed by atoms with Crippen molar-refractivity contribution in [1.29, 1.82) is 0 Å². The fraction of sp³-hybridized carbons (Fsp3) is 0.750. The van der Waals surface area contributed by atoms with Crippen molar-refractivity contribution >= 4 is 11.7 Å². The molecule has 0 N–H and O–H groups in total. The first-order valence-corrected chi connectivity index (χ1v) is 3.80. The molecular formula is C8H15NO3. The maximum atomic E-state index is 11.3. The second kappa shape index (κ2) is 4.87. The molecule has 1 atom stereocenters. The van der Waals surface area contributed by atoms with Gasteiger partial charge in [-0.15, -0.1) is 0 Å². The summed E-state index contributed by atoms with van der Waals surface area (Å²) in [4.78, 5) is 26.6. The maximum absolute atomic E-state index is 11.3. The molecule has 0 aromatic heterocycles. The number of hydrogen-bond acceptors (Lipinski definition) is 3. The quantitative estimate of drug-likeness (QED) is 0.585. The van der Waals surface area contributed by atoms with Crippen molar-refractivity contribution in [2.75, 3.05) is 14.2 Å². The summed E-state index contributed by atoms with van der Waals surface area (Å²) in [5.74, 6) is -0.458. The number of nitrogens with zero attached hydrogens (tertiary/aromatic N) is 1. The lowest BCUT2D eigenvalue weighted by Gasteiger charge is -2.17. The molecule has 0 bridgehead atoms. The normalized spacial score (nSPS) is 12.3. The predicted molar refractivity (Wildman–Crippen MR) is 44.2 cm³/mol. The van der Waals surface area contributed by atoms with E-state index < -0.39 is 0 Å². The number of Topliss-reactive ketones (excluding diaryl/α,β-unsaturated/α-hetero) is 1. The molecule has 0 aliphatic carbocycles. The Kier molecular flexibility index (Phi) is 4.51. The zero-order chi connectivity index (χ0) is 9.72. The van der Waals surface area contributed by atoms with Crippen molar-refractivity contribution in [2.45, 2.75) is 20.3 Å². The lowest BCUT2D eigenvalue weighted by atomic mass is 10.1. The zero-order valence-corrected chi connectivity index (χ0v) is 7.96. The monoisotopic (exact) mass is 173 g/mol. The van der Waals surface area contributed by atoms with Crippen LogP contribution in [-0.4, -0.2) is 30.9 Å². The molecule has 0 aliphatic rings. The van der Waals surface area contributed by atoms with E-state index in [0.29, 0.717) is 0 Å². The molecular weight excluding hydrogens is 158 g/mol. The van der Waals surface area contributed by atoms with E-state index in [1.165, 1.54) is 21.1 Å². The highest BCUT2D eigenvalue weighted by atomic mass is 16.7. The highest BCUT2D eigenvalue weighted by Gasteiger charge is 2.18. The van der Waals surface area contributed by atoms with E-state index in [2.05, 4.69) is 4.84 Å². The first kappa shape index (κ1) is 11.1. The fourth-order valence-electron chi connectivity index (χ4n) is 0.919. The highest BCUT2D eigenvalue weighted by Crippen LogP contribution is 2.06. The van der Waals surface area contributed by atoms with E-state index in [1.54, 1.807) is 6.92 Å². The molecule has 0 rings (SSSR count). The summed E-state index contributed by atoms with van der Waals surface area (Å²) in [6, 6.07) is 0. The largest absolute Gasteiger partial charge is 0.300 e. The Morgan fingerprint density at radius 1 is 1.50 bits per heavy atom. The Balaban J connectivity index is 4.01. The predicted octanol–water partition coefficient (Wildman–Crippen LogP) is 0.621. The van der Waals surface area contributed by atoms with Crippen LogP contribution in [0.25, 0.3) is 0 Å². The molecule has 0 unspecified atom stereocenters. The van der Waals surface area contributed by atoms with Crippen LogP contribution in [0.2, 0.25) is 0 Å². The second-order valence-corrected chi connectivity index (χ2v) is 2.83. The number of ketones is 1. The van der Waals surface area contributed by atoms with E-state index >= 15 is 0 Å². The van der Waals surface area contributed by atoms with Crippen molar-refractivity contribution < 1.29 is 14.4 Å². The number of amides is 1. The van der Waals surface area contributed by atoms with Gasteiger partial charge < -0.3 is 4.79 Å². The molecule has 0 aromatic carbocycles. The van der Waals surface area contributed by atoms with Crippen LogP contribution in [0.3, 0.4) is 0 Å². The topological polar surface area (TPSA) is 46.6 Å². The molecule has 4 heteroatoms. The minimum Gasteiger partial charge on any atom is -0.300 e. The summed E-state index contributed by atoms with van der Waals surface area (Å²) in [6.45, 7) is 3.18. The standard InChI is InChI=1S/C8H15NO3/c1-6(5-7(2)10)8(11)9(3)12-4/h6H,5H2,1-4H3/t6-/m1/s1. The SMILES string of the molecule is CON(C)C(=O)[C@H](C)CC(C)=O. The van der Waals surface area contributed by atoms with Crippen LogP contribution in [0.5, 0.6) is 0 Å². The van der Waals surface area contributed by atoms with Crippen LogP contribution >= 0.6 is 0 Å². The molecule has 0 saturated carbocycles. The Morgan fingerprint density at radius 2 is 2.00 bits per heavy atom. The van der Waals surface area contributed by atoms with E-state index in [0.717, 1.165) is 5.06 Å². The molecule has 0 saturated heterocycles. The molecule has 0 aliphatic heterocycles. The van der Waals surface area contributed by atoms with Gasteiger partial charge in [-0.2, -0.15) is 0 Å². The second-order valence-electron chi connectivity index (χ2n) is 2.83. The van der Waals surface area contributed by atoms with Crippen LogP contribution in [0.15, 0.2) is 0 Å². The van der Waals surface area contributed by atoms with Gasteiger partial charge in [-0.05, 0) is 6.92 Å². The van der Waals surface area contributed by atoms with Gasteiger partial charge >= 0.3 is 0 Å². The first-order chi connectivity index (χ1) is 5.49. The molecule has 0 radical (unpaired) electrons. The highest BCUT2D eigenvalue weighted by molar-refractivity contribution is 5.84.